The molecular formula is C13H28N2O. The minimum atomic E-state index is -0.128. The van der Waals surface area contributed by atoms with Gasteiger partial charge in [0.15, 0.2) is 0 Å². The highest BCUT2D eigenvalue weighted by molar-refractivity contribution is 4.84. The van der Waals surface area contributed by atoms with Crippen molar-refractivity contribution in [3.63, 3.8) is 0 Å². The number of aliphatic hydroxyl groups is 1. The molecule has 1 aliphatic carbocycles. The Morgan fingerprint density at radius 3 is 2.44 bits per heavy atom. The third-order valence-electron chi connectivity index (χ3n) is 3.82. The Labute approximate surface area is 100 Å². The molecule has 0 bridgehead atoms. The van der Waals surface area contributed by atoms with Gasteiger partial charge in [0, 0.05) is 24.7 Å². The summed E-state index contributed by atoms with van der Waals surface area (Å²) in [6, 6.07) is 0.611. The van der Waals surface area contributed by atoms with Crippen molar-refractivity contribution in [2.24, 2.45) is 5.92 Å². The number of rotatable bonds is 8. The summed E-state index contributed by atoms with van der Waals surface area (Å²) in [5.41, 5.74) is -0.128. The molecule has 1 unspecified atom stereocenters. The largest absolute Gasteiger partial charge is 0.394 e. The minimum absolute atomic E-state index is 0.128. The van der Waals surface area contributed by atoms with E-state index in [1.54, 1.807) is 0 Å². The first-order valence-electron chi connectivity index (χ1n) is 6.54. The molecule has 0 aromatic heterocycles. The Balaban J connectivity index is 2.35. The van der Waals surface area contributed by atoms with E-state index in [1.807, 2.05) is 7.05 Å². The quantitative estimate of drug-likeness (QED) is 0.660. The molecule has 16 heavy (non-hydrogen) atoms. The molecule has 1 saturated carbocycles. The van der Waals surface area contributed by atoms with Gasteiger partial charge in [0.05, 0.1) is 6.61 Å². The second-order valence-electron chi connectivity index (χ2n) is 5.75. The molecule has 1 fully saturated rings. The first-order valence-corrected chi connectivity index (χ1v) is 6.54. The van der Waals surface area contributed by atoms with Crippen molar-refractivity contribution in [3.05, 3.63) is 0 Å². The van der Waals surface area contributed by atoms with Crippen molar-refractivity contribution in [1.29, 1.82) is 0 Å². The molecule has 1 aliphatic rings. The molecule has 3 heteroatoms. The van der Waals surface area contributed by atoms with Gasteiger partial charge in [0.25, 0.3) is 0 Å². The molecule has 0 radical (unpaired) electrons. The van der Waals surface area contributed by atoms with Crippen LogP contribution in [0.25, 0.3) is 0 Å². The first kappa shape index (κ1) is 13.9. The second-order valence-corrected chi connectivity index (χ2v) is 5.75. The van der Waals surface area contributed by atoms with E-state index in [-0.39, 0.29) is 12.1 Å². The van der Waals surface area contributed by atoms with Crippen LogP contribution in [0.1, 0.15) is 40.0 Å². The predicted octanol–water partition coefficient (Wildman–Crippen LogP) is 1.47. The molecule has 0 aliphatic heterocycles. The highest BCUT2D eigenvalue weighted by Gasteiger charge is 2.27. The van der Waals surface area contributed by atoms with Crippen LogP contribution in [0.3, 0.4) is 0 Å². The van der Waals surface area contributed by atoms with E-state index >= 15 is 0 Å². The van der Waals surface area contributed by atoms with Crippen LogP contribution < -0.4 is 5.32 Å². The molecule has 2 N–H and O–H groups in total. The smallest absolute Gasteiger partial charge is 0.0610 e. The maximum Gasteiger partial charge on any atom is 0.0610 e. The summed E-state index contributed by atoms with van der Waals surface area (Å²) in [5, 5.41) is 12.6. The fourth-order valence-corrected chi connectivity index (χ4v) is 1.87. The summed E-state index contributed by atoms with van der Waals surface area (Å²) >= 11 is 0. The summed E-state index contributed by atoms with van der Waals surface area (Å²) in [7, 11) is 1.93. The van der Waals surface area contributed by atoms with Gasteiger partial charge in [-0.25, -0.2) is 0 Å². The number of aliphatic hydroxyl groups excluding tert-OH is 1. The van der Waals surface area contributed by atoms with Gasteiger partial charge in [-0.1, -0.05) is 0 Å². The normalized spacial score (nSPS) is 20.4. The summed E-state index contributed by atoms with van der Waals surface area (Å²) < 4.78 is 0. The molecule has 0 heterocycles. The maximum absolute atomic E-state index is 9.35. The zero-order valence-electron chi connectivity index (χ0n) is 11.3. The summed E-state index contributed by atoms with van der Waals surface area (Å²) in [6.07, 6.45) is 3.82. The number of nitrogens with one attached hydrogen (secondary N) is 1. The lowest BCUT2D eigenvalue weighted by atomic mass is 9.98. The molecule has 1 rings (SSSR count). The zero-order chi connectivity index (χ0) is 12.2. The van der Waals surface area contributed by atoms with Crippen molar-refractivity contribution >= 4 is 0 Å². The zero-order valence-corrected chi connectivity index (χ0v) is 11.3. The van der Waals surface area contributed by atoms with Crippen LogP contribution in [0.4, 0.5) is 0 Å². The molecule has 1 atom stereocenters. The van der Waals surface area contributed by atoms with Gasteiger partial charge < -0.3 is 15.3 Å². The lowest BCUT2D eigenvalue weighted by molar-refractivity contribution is 0.137. The fourth-order valence-electron chi connectivity index (χ4n) is 1.87. The Morgan fingerprint density at radius 1 is 1.44 bits per heavy atom. The predicted molar refractivity (Wildman–Crippen MR) is 68.6 cm³/mol. The highest BCUT2D eigenvalue weighted by Crippen LogP contribution is 2.30. The molecule has 0 spiro atoms. The number of hydrogen-bond acceptors (Lipinski definition) is 3. The Bertz CT molecular complexity index is 198. The lowest BCUT2D eigenvalue weighted by Crippen LogP contribution is -2.47. The van der Waals surface area contributed by atoms with E-state index in [0.717, 1.165) is 18.9 Å². The van der Waals surface area contributed by atoms with Crippen molar-refractivity contribution in [2.75, 3.05) is 26.7 Å². The standard InChI is InChI=1S/C13H28N2O/c1-11(2)15(9-12-5-6-12)8-7-13(3,10-16)14-4/h11-12,14,16H,5-10H2,1-4H3. The van der Waals surface area contributed by atoms with Crippen molar-refractivity contribution in [1.82, 2.24) is 10.2 Å². The number of hydrogen-bond donors (Lipinski definition) is 2. The van der Waals surface area contributed by atoms with Gasteiger partial charge in [0.1, 0.15) is 0 Å². The van der Waals surface area contributed by atoms with Crippen molar-refractivity contribution in [2.45, 2.75) is 51.6 Å². The van der Waals surface area contributed by atoms with E-state index in [0.29, 0.717) is 6.04 Å². The topological polar surface area (TPSA) is 35.5 Å². The monoisotopic (exact) mass is 228 g/mol. The van der Waals surface area contributed by atoms with E-state index < -0.39 is 0 Å². The summed E-state index contributed by atoms with van der Waals surface area (Å²) in [6.45, 7) is 9.13. The van der Waals surface area contributed by atoms with Crippen LogP contribution in [0.2, 0.25) is 0 Å². The Hall–Kier alpha value is -0.120. The fraction of sp³-hybridized carbons (Fsp3) is 1.00. The van der Waals surface area contributed by atoms with E-state index in [1.165, 1.54) is 19.4 Å². The van der Waals surface area contributed by atoms with Crippen LogP contribution in [-0.4, -0.2) is 48.3 Å². The molecule has 96 valence electrons. The van der Waals surface area contributed by atoms with Gasteiger partial charge >= 0.3 is 0 Å². The summed E-state index contributed by atoms with van der Waals surface area (Å²) in [4.78, 5) is 2.54. The minimum Gasteiger partial charge on any atom is -0.394 e. The molecule has 3 nitrogen and oxygen atoms in total. The van der Waals surface area contributed by atoms with Gasteiger partial charge in [-0.05, 0) is 53.0 Å². The SMILES string of the molecule is CNC(C)(CO)CCN(CC1CC1)C(C)C. The second kappa shape index (κ2) is 5.99. The van der Waals surface area contributed by atoms with Gasteiger partial charge in [-0.3, -0.25) is 0 Å². The first-order chi connectivity index (χ1) is 7.50. The highest BCUT2D eigenvalue weighted by atomic mass is 16.3. The third-order valence-corrected chi connectivity index (χ3v) is 3.82. The molecule has 0 saturated heterocycles. The van der Waals surface area contributed by atoms with Crippen LogP contribution in [0, 0.1) is 5.92 Å². The van der Waals surface area contributed by atoms with Gasteiger partial charge in [0.2, 0.25) is 0 Å². The average molecular weight is 228 g/mol. The average Bonchev–Trinajstić information content (AvgIpc) is 3.07. The molecule has 0 amide bonds. The molecule has 0 aromatic rings. The van der Waals surface area contributed by atoms with E-state index in [4.69, 9.17) is 0 Å². The van der Waals surface area contributed by atoms with Gasteiger partial charge in [-0.15, -0.1) is 0 Å². The van der Waals surface area contributed by atoms with E-state index in [9.17, 15) is 5.11 Å². The van der Waals surface area contributed by atoms with Gasteiger partial charge in [-0.2, -0.15) is 0 Å². The van der Waals surface area contributed by atoms with E-state index in [2.05, 4.69) is 31.0 Å². The van der Waals surface area contributed by atoms with Crippen molar-refractivity contribution < 1.29 is 5.11 Å². The van der Waals surface area contributed by atoms with Crippen LogP contribution in [-0.2, 0) is 0 Å². The summed E-state index contributed by atoms with van der Waals surface area (Å²) in [5.74, 6) is 0.942. The van der Waals surface area contributed by atoms with Crippen molar-refractivity contribution in [3.8, 4) is 0 Å². The lowest BCUT2D eigenvalue weighted by Gasteiger charge is -2.32. The molecular weight excluding hydrogens is 200 g/mol. The number of likely N-dealkylation sites (N-methyl/N-ethyl adjacent to an activating group) is 1. The molecule has 0 aromatic carbocycles. The Kier molecular flexibility index (Phi) is 5.22. The van der Waals surface area contributed by atoms with Crippen LogP contribution in [0.5, 0.6) is 0 Å². The van der Waals surface area contributed by atoms with Crippen LogP contribution in [0.15, 0.2) is 0 Å². The third kappa shape index (κ3) is 4.40. The maximum atomic E-state index is 9.35. The number of nitrogens with zero attached hydrogens (tertiary/aromatic N) is 1. The Morgan fingerprint density at radius 2 is 2.06 bits per heavy atom. The van der Waals surface area contributed by atoms with Crippen LogP contribution >= 0.6 is 0 Å².